The van der Waals surface area contributed by atoms with Crippen LogP contribution in [-0.2, 0) is 0 Å². The Hall–Kier alpha value is -4.64. The van der Waals surface area contributed by atoms with Crippen molar-refractivity contribution >= 4 is 39.7 Å². The fraction of sp³-hybridized carbons (Fsp3) is 0.0513. The molecule has 6 rings (SSSR count). The summed E-state index contributed by atoms with van der Waals surface area (Å²) in [6, 6.07) is 42.2. The van der Waals surface area contributed by atoms with Gasteiger partial charge in [-0.2, -0.15) is 0 Å². The second-order valence-corrected chi connectivity index (χ2v) is 12.2. The van der Waals surface area contributed by atoms with E-state index >= 15 is 0 Å². The highest BCUT2D eigenvalue weighted by atomic mass is 32.2. The Morgan fingerprint density at radius 2 is 1.19 bits per heavy atom. The molecule has 2 heterocycles. The molecule has 0 bridgehead atoms. The zero-order valence-corrected chi connectivity index (χ0v) is 25.7. The molecule has 1 aliphatic heterocycles. The fourth-order valence-electron chi connectivity index (χ4n) is 4.84. The number of ether oxygens (including phenoxy) is 2. The first-order valence-electron chi connectivity index (χ1n) is 14.1. The third-order valence-electron chi connectivity index (χ3n) is 7.11. The van der Waals surface area contributed by atoms with E-state index in [1.54, 1.807) is 37.3 Å². The highest BCUT2D eigenvalue weighted by Crippen LogP contribution is 2.42. The van der Waals surface area contributed by atoms with E-state index in [0.29, 0.717) is 0 Å². The summed E-state index contributed by atoms with van der Waals surface area (Å²) < 4.78 is 10.8. The second-order valence-electron chi connectivity index (χ2n) is 9.94. The van der Waals surface area contributed by atoms with Crippen LogP contribution in [-0.4, -0.2) is 14.2 Å². The average molecular weight is 596 g/mol. The Morgan fingerprint density at radius 1 is 0.581 bits per heavy atom. The molecule has 0 unspecified atom stereocenters. The van der Waals surface area contributed by atoms with E-state index in [2.05, 4.69) is 127 Å². The molecule has 0 radical (unpaired) electrons. The minimum Gasteiger partial charge on any atom is -0.497 e. The molecule has 210 valence electrons. The second kappa shape index (κ2) is 13.6. The molecule has 0 aliphatic carbocycles. The summed E-state index contributed by atoms with van der Waals surface area (Å²) in [5, 5.41) is 0. The van der Waals surface area contributed by atoms with Gasteiger partial charge in [0.15, 0.2) is 0 Å². The topological polar surface area (TPSA) is 18.5 Å². The van der Waals surface area contributed by atoms with Crippen molar-refractivity contribution < 1.29 is 9.47 Å². The van der Waals surface area contributed by atoms with Gasteiger partial charge in [-0.05, 0) is 82.5 Å². The Labute approximate surface area is 262 Å². The highest BCUT2D eigenvalue weighted by molar-refractivity contribution is 8.12. The van der Waals surface area contributed by atoms with Crippen molar-refractivity contribution in [2.24, 2.45) is 0 Å². The molecule has 0 fully saturated rings. The van der Waals surface area contributed by atoms with Crippen LogP contribution in [0.5, 0.6) is 11.5 Å². The molecular formula is C39H31O2S2+. The first-order valence-corrected chi connectivity index (χ1v) is 15.7. The van der Waals surface area contributed by atoms with E-state index in [0.717, 1.165) is 11.5 Å². The maximum atomic E-state index is 5.38. The number of methoxy groups -OCH3 is 2. The maximum absolute atomic E-state index is 5.38. The van der Waals surface area contributed by atoms with Gasteiger partial charge in [0.2, 0.25) is 21.1 Å². The van der Waals surface area contributed by atoms with Crippen molar-refractivity contribution in [1.82, 2.24) is 0 Å². The number of thioether (sulfide) groups is 1. The Kier molecular flexibility index (Phi) is 8.98. The molecule has 4 heteroatoms. The zero-order valence-electron chi connectivity index (χ0n) is 24.1. The van der Waals surface area contributed by atoms with Crippen LogP contribution in [0.15, 0.2) is 151 Å². The molecule has 0 saturated heterocycles. The summed E-state index contributed by atoms with van der Waals surface area (Å²) in [6.07, 6.45) is 11.1. The predicted molar refractivity (Wildman–Crippen MR) is 186 cm³/mol. The molecule has 0 atom stereocenters. The van der Waals surface area contributed by atoms with Crippen LogP contribution in [0.25, 0.3) is 38.1 Å². The minimum atomic E-state index is 0.857. The summed E-state index contributed by atoms with van der Waals surface area (Å²) in [4.78, 5) is 4.78. The van der Waals surface area contributed by atoms with E-state index in [4.69, 9.17) is 9.47 Å². The van der Waals surface area contributed by atoms with E-state index in [1.165, 1.54) is 53.0 Å². The SMILES string of the molecule is COc1ccc(C2=CC(c3ccccc3)=C/C(=C\C=C\c3cc(-c4ccccc4)cc(-c4ccc(OC)cc4)[s+]3)S2)cc1. The zero-order chi connectivity index (χ0) is 29.4. The van der Waals surface area contributed by atoms with Crippen LogP contribution in [0.2, 0.25) is 0 Å². The van der Waals surface area contributed by atoms with Crippen molar-refractivity contribution in [3.05, 3.63) is 167 Å². The number of hydrogen-bond acceptors (Lipinski definition) is 3. The lowest BCUT2D eigenvalue weighted by molar-refractivity contribution is 0.414. The van der Waals surface area contributed by atoms with Gasteiger partial charge in [0.05, 0.1) is 14.2 Å². The standard InChI is InChI=1S/C39H31O2S2/c1-40-34-20-16-30(17-21-34)38-26-32(28-10-5-3-6-11-28)24-36(42-38)14-9-15-37-25-33(29-12-7-4-8-13-29)27-39(43-37)31-18-22-35(41-2)23-19-31/h3-27H,1-2H3/q+1. The predicted octanol–water partition coefficient (Wildman–Crippen LogP) is 11.1. The van der Waals surface area contributed by atoms with Crippen LogP contribution in [0.4, 0.5) is 0 Å². The van der Waals surface area contributed by atoms with Crippen LogP contribution in [0.1, 0.15) is 16.0 Å². The van der Waals surface area contributed by atoms with Crippen molar-refractivity contribution in [1.29, 1.82) is 0 Å². The minimum absolute atomic E-state index is 0.857. The summed E-state index contributed by atoms with van der Waals surface area (Å²) in [5.74, 6) is 1.71. The smallest absolute Gasteiger partial charge is 0.239 e. The first kappa shape index (κ1) is 28.5. The summed E-state index contributed by atoms with van der Waals surface area (Å²) in [5.41, 5.74) is 7.13. The van der Waals surface area contributed by atoms with Gasteiger partial charge in [0.1, 0.15) is 11.5 Å². The molecule has 4 aromatic carbocycles. The van der Waals surface area contributed by atoms with Crippen LogP contribution in [0.3, 0.4) is 0 Å². The largest absolute Gasteiger partial charge is 0.497 e. The van der Waals surface area contributed by atoms with Gasteiger partial charge in [-0.3, -0.25) is 0 Å². The fourth-order valence-corrected chi connectivity index (χ4v) is 6.89. The lowest BCUT2D eigenvalue weighted by Gasteiger charge is -2.16. The van der Waals surface area contributed by atoms with Crippen molar-refractivity contribution in [2.75, 3.05) is 14.2 Å². The summed E-state index contributed by atoms with van der Waals surface area (Å²) >= 11 is 3.56. The normalized spacial score (nSPS) is 14.0. The van der Waals surface area contributed by atoms with Gasteiger partial charge in [-0.1, -0.05) is 90.6 Å². The average Bonchev–Trinajstić information content (AvgIpc) is 3.09. The van der Waals surface area contributed by atoms with Crippen molar-refractivity contribution in [3.8, 4) is 33.1 Å². The molecule has 0 saturated carbocycles. The van der Waals surface area contributed by atoms with Gasteiger partial charge < -0.3 is 9.47 Å². The van der Waals surface area contributed by atoms with Gasteiger partial charge in [-0.25, -0.2) is 0 Å². The number of allylic oxidation sites excluding steroid dienone is 5. The third kappa shape index (κ3) is 7.06. The first-order chi connectivity index (χ1) is 21.2. The molecule has 0 amide bonds. The molecule has 1 aliphatic rings. The molecule has 2 nitrogen and oxygen atoms in total. The van der Waals surface area contributed by atoms with E-state index in [-0.39, 0.29) is 0 Å². The lowest BCUT2D eigenvalue weighted by Crippen LogP contribution is -1.91. The molecule has 1 aromatic heterocycles. The Morgan fingerprint density at radius 3 is 1.81 bits per heavy atom. The number of hydrogen-bond donors (Lipinski definition) is 0. The van der Waals surface area contributed by atoms with Crippen LogP contribution >= 0.6 is 23.1 Å². The Bertz CT molecular complexity index is 1820. The Balaban J connectivity index is 1.35. The molecule has 5 aromatic rings. The summed E-state index contributed by atoms with van der Waals surface area (Å²) in [7, 11) is 3.40. The third-order valence-corrected chi connectivity index (χ3v) is 9.23. The number of benzene rings is 4. The lowest BCUT2D eigenvalue weighted by atomic mass is 10.0. The maximum Gasteiger partial charge on any atom is 0.239 e. The number of rotatable bonds is 8. The van der Waals surface area contributed by atoms with Gasteiger partial charge in [0.25, 0.3) is 0 Å². The molecule has 0 spiro atoms. The monoisotopic (exact) mass is 595 g/mol. The van der Waals surface area contributed by atoms with Gasteiger partial charge >= 0.3 is 0 Å². The van der Waals surface area contributed by atoms with Gasteiger partial charge in [-0.15, -0.1) is 0 Å². The van der Waals surface area contributed by atoms with E-state index < -0.39 is 0 Å². The van der Waals surface area contributed by atoms with Crippen LogP contribution in [0, 0.1) is 0 Å². The summed E-state index contributed by atoms with van der Waals surface area (Å²) in [6.45, 7) is 0. The molecule has 43 heavy (non-hydrogen) atoms. The van der Waals surface area contributed by atoms with Gasteiger partial charge in [0, 0.05) is 33.6 Å². The van der Waals surface area contributed by atoms with Crippen LogP contribution < -0.4 is 9.47 Å². The quantitative estimate of drug-likeness (QED) is 0.166. The molecule has 0 N–H and O–H groups in total. The molecular weight excluding hydrogens is 565 g/mol. The van der Waals surface area contributed by atoms with Crippen molar-refractivity contribution in [3.63, 3.8) is 0 Å². The van der Waals surface area contributed by atoms with Crippen molar-refractivity contribution in [2.45, 2.75) is 0 Å². The highest BCUT2D eigenvalue weighted by Gasteiger charge is 2.17. The van der Waals surface area contributed by atoms with E-state index in [9.17, 15) is 0 Å². The van der Waals surface area contributed by atoms with E-state index in [1.807, 2.05) is 24.3 Å².